The maximum absolute atomic E-state index is 10.6. The number of hydrogen-bond donors (Lipinski definition) is 2. The second-order valence-corrected chi connectivity index (χ2v) is 2.07. The minimum atomic E-state index is -0.799. The van der Waals surface area contributed by atoms with E-state index in [1.54, 1.807) is 0 Å². The number of hydrogen-bond acceptors (Lipinski definition) is 5. The van der Waals surface area contributed by atoms with Gasteiger partial charge in [0.15, 0.2) is 5.69 Å². The van der Waals surface area contributed by atoms with Crippen molar-refractivity contribution in [1.29, 1.82) is 0 Å². The molecule has 0 aromatic carbocycles. The quantitative estimate of drug-likeness (QED) is 0.553. The SMILES string of the molecule is NC(=O)Cc1nonc1C(N)=O. The number of carbonyl (C=O) groups is 2. The lowest BCUT2D eigenvalue weighted by Gasteiger charge is -1.89. The van der Waals surface area contributed by atoms with Crippen LogP contribution in [0.15, 0.2) is 4.63 Å². The highest BCUT2D eigenvalue weighted by atomic mass is 16.6. The Hall–Kier alpha value is -1.92. The van der Waals surface area contributed by atoms with Gasteiger partial charge in [0.2, 0.25) is 5.91 Å². The van der Waals surface area contributed by atoms with Crippen LogP contribution in [0.25, 0.3) is 0 Å². The third kappa shape index (κ3) is 1.57. The van der Waals surface area contributed by atoms with Gasteiger partial charge in [-0.25, -0.2) is 4.63 Å². The molecule has 0 radical (unpaired) electrons. The molecule has 12 heavy (non-hydrogen) atoms. The van der Waals surface area contributed by atoms with Crippen molar-refractivity contribution in [3.8, 4) is 0 Å². The smallest absolute Gasteiger partial charge is 0.272 e. The summed E-state index contributed by atoms with van der Waals surface area (Å²) in [5.41, 5.74) is 9.64. The molecule has 0 aliphatic carbocycles. The Labute approximate surface area is 66.7 Å². The van der Waals surface area contributed by atoms with Gasteiger partial charge in [-0.05, 0) is 5.16 Å². The molecule has 0 fully saturated rings. The minimum absolute atomic E-state index is 0.0648. The standard InChI is InChI=1S/C5H6N4O3/c6-3(10)1-2-4(5(7)11)9-12-8-2/h1H2,(H2,6,10)(H2,7,11). The summed E-state index contributed by atoms with van der Waals surface area (Å²) in [6.45, 7) is 0. The van der Waals surface area contributed by atoms with Gasteiger partial charge in [-0.3, -0.25) is 9.59 Å². The second-order valence-electron chi connectivity index (χ2n) is 2.07. The highest BCUT2D eigenvalue weighted by Crippen LogP contribution is 2.01. The zero-order valence-corrected chi connectivity index (χ0v) is 5.98. The molecule has 1 heterocycles. The van der Waals surface area contributed by atoms with Gasteiger partial charge in [0.05, 0.1) is 6.42 Å². The summed E-state index contributed by atoms with van der Waals surface area (Å²) in [5.74, 6) is -1.43. The zero-order valence-electron chi connectivity index (χ0n) is 5.98. The van der Waals surface area contributed by atoms with Crippen LogP contribution in [0, 0.1) is 0 Å². The Morgan fingerprint density at radius 2 is 2.00 bits per heavy atom. The summed E-state index contributed by atoms with van der Waals surface area (Å²) >= 11 is 0. The van der Waals surface area contributed by atoms with E-state index in [-0.39, 0.29) is 17.8 Å². The molecule has 7 heteroatoms. The van der Waals surface area contributed by atoms with Gasteiger partial charge in [-0.1, -0.05) is 5.16 Å². The third-order valence-electron chi connectivity index (χ3n) is 1.13. The van der Waals surface area contributed by atoms with Crippen molar-refractivity contribution in [3.63, 3.8) is 0 Å². The topological polar surface area (TPSA) is 125 Å². The van der Waals surface area contributed by atoms with E-state index < -0.39 is 11.8 Å². The minimum Gasteiger partial charge on any atom is -0.369 e. The lowest BCUT2D eigenvalue weighted by molar-refractivity contribution is -0.117. The molecular weight excluding hydrogens is 164 g/mol. The molecule has 0 unspecified atom stereocenters. The van der Waals surface area contributed by atoms with Crippen molar-refractivity contribution in [2.24, 2.45) is 11.5 Å². The van der Waals surface area contributed by atoms with Crippen LogP contribution in [-0.4, -0.2) is 22.1 Å². The van der Waals surface area contributed by atoms with Gasteiger partial charge in [-0.2, -0.15) is 0 Å². The fourth-order valence-electron chi connectivity index (χ4n) is 0.675. The number of carbonyl (C=O) groups excluding carboxylic acids is 2. The van der Waals surface area contributed by atoms with Gasteiger partial charge in [0, 0.05) is 0 Å². The van der Waals surface area contributed by atoms with Gasteiger partial charge < -0.3 is 11.5 Å². The number of nitrogens with zero attached hydrogens (tertiary/aromatic N) is 2. The Balaban J connectivity index is 2.91. The summed E-state index contributed by atoms with van der Waals surface area (Å²) in [6, 6.07) is 0. The van der Waals surface area contributed by atoms with Crippen molar-refractivity contribution in [2.45, 2.75) is 6.42 Å². The summed E-state index contributed by atoms with van der Waals surface area (Å²) < 4.78 is 4.20. The molecule has 0 saturated heterocycles. The van der Waals surface area contributed by atoms with E-state index in [1.165, 1.54) is 0 Å². The fraction of sp³-hybridized carbons (Fsp3) is 0.200. The number of primary amides is 2. The summed E-state index contributed by atoms with van der Waals surface area (Å²) in [7, 11) is 0. The monoisotopic (exact) mass is 170 g/mol. The predicted octanol–water partition coefficient (Wildman–Crippen LogP) is -1.80. The molecule has 4 N–H and O–H groups in total. The van der Waals surface area contributed by atoms with Gasteiger partial charge in [-0.15, -0.1) is 0 Å². The van der Waals surface area contributed by atoms with Crippen molar-refractivity contribution in [1.82, 2.24) is 10.3 Å². The number of aromatic nitrogens is 2. The van der Waals surface area contributed by atoms with Gasteiger partial charge in [0.1, 0.15) is 5.69 Å². The Kier molecular flexibility index (Phi) is 2.04. The first-order valence-corrected chi connectivity index (χ1v) is 3.01. The highest BCUT2D eigenvalue weighted by Gasteiger charge is 2.16. The summed E-state index contributed by atoms with van der Waals surface area (Å²) in [6.07, 6.45) is -0.207. The average molecular weight is 170 g/mol. The third-order valence-corrected chi connectivity index (χ3v) is 1.13. The van der Waals surface area contributed by atoms with Gasteiger partial charge in [0.25, 0.3) is 5.91 Å². The summed E-state index contributed by atoms with van der Waals surface area (Å²) in [4.78, 5) is 21.0. The Morgan fingerprint density at radius 3 is 2.50 bits per heavy atom. The molecule has 1 aromatic rings. The molecule has 0 aliphatic heterocycles. The molecule has 0 atom stereocenters. The van der Waals surface area contributed by atoms with E-state index >= 15 is 0 Å². The Bertz CT molecular complexity index is 318. The van der Waals surface area contributed by atoms with Crippen LogP contribution in [0.2, 0.25) is 0 Å². The number of rotatable bonds is 3. The van der Waals surface area contributed by atoms with E-state index in [4.69, 9.17) is 11.5 Å². The molecule has 0 saturated carbocycles. The lowest BCUT2D eigenvalue weighted by Crippen LogP contribution is -2.19. The van der Waals surface area contributed by atoms with E-state index in [1.807, 2.05) is 0 Å². The van der Waals surface area contributed by atoms with Crippen molar-refractivity contribution >= 4 is 11.8 Å². The predicted molar refractivity (Wildman–Crippen MR) is 35.7 cm³/mol. The van der Waals surface area contributed by atoms with Crippen LogP contribution in [0.5, 0.6) is 0 Å². The first-order valence-electron chi connectivity index (χ1n) is 3.01. The van der Waals surface area contributed by atoms with Crippen LogP contribution < -0.4 is 11.5 Å². The van der Waals surface area contributed by atoms with E-state index in [9.17, 15) is 9.59 Å². The van der Waals surface area contributed by atoms with Crippen LogP contribution >= 0.6 is 0 Å². The molecule has 7 nitrogen and oxygen atoms in total. The molecular formula is C5H6N4O3. The molecule has 64 valence electrons. The van der Waals surface area contributed by atoms with E-state index in [0.717, 1.165) is 0 Å². The average Bonchev–Trinajstić information content (AvgIpc) is 2.33. The highest BCUT2D eigenvalue weighted by molar-refractivity contribution is 5.92. The maximum Gasteiger partial charge on any atom is 0.272 e. The molecule has 1 rings (SSSR count). The molecule has 0 aliphatic rings. The van der Waals surface area contributed by atoms with Crippen molar-refractivity contribution < 1.29 is 14.2 Å². The van der Waals surface area contributed by atoms with Crippen LogP contribution in [0.1, 0.15) is 16.2 Å². The van der Waals surface area contributed by atoms with Crippen LogP contribution in [-0.2, 0) is 11.2 Å². The van der Waals surface area contributed by atoms with E-state index in [2.05, 4.69) is 14.9 Å². The van der Waals surface area contributed by atoms with Crippen molar-refractivity contribution in [3.05, 3.63) is 11.4 Å². The van der Waals surface area contributed by atoms with Crippen molar-refractivity contribution in [2.75, 3.05) is 0 Å². The maximum atomic E-state index is 10.6. The molecule has 0 spiro atoms. The van der Waals surface area contributed by atoms with E-state index in [0.29, 0.717) is 0 Å². The normalized spacial score (nSPS) is 9.67. The molecule has 2 amide bonds. The van der Waals surface area contributed by atoms with Crippen LogP contribution in [0.4, 0.5) is 0 Å². The fourth-order valence-corrected chi connectivity index (χ4v) is 0.675. The summed E-state index contributed by atoms with van der Waals surface area (Å²) in [5, 5.41) is 6.49. The molecule has 1 aromatic heterocycles. The first kappa shape index (κ1) is 8.18. The van der Waals surface area contributed by atoms with Crippen LogP contribution in [0.3, 0.4) is 0 Å². The second kappa shape index (κ2) is 2.99. The zero-order chi connectivity index (χ0) is 9.14. The first-order chi connectivity index (χ1) is 5.61. The molecule has 0 bridgehead atoms. The Morgan fingerprint density at radius 1 is 1.33 bits per heavy atom. The number of amides is 2. The van der Waals surface area contributed by atoms with Gasteiger partial charge >= 0.3 is 0 Å². The largest absolute Gasteiger partial charge is 0.369 e. The number of nitrogens with two attached hydrogens (primary N) is 2. The lowest BCUT2D eigenvalue weighted by atomic mass is 10.2.